The van der Waals surface area contributed by atoms with E-state index < -0.39 is 11.4 Å². The molecular weight excluding hydrogens is 234 g/mol. The summed E-state index contributed by atoms with van der Waals surface area (Å²) in [6, 6.07) is 0. The van der Waals surface area contributed by atoms with Gasteiger partial charge in [-0.3, -0.25) is 14.4 Å². The monoisotopic (exact) mass is 257 g/mol. The van der Waals surface area contributed by atoms with Crippen molar-refractivity contribution in [3.8, 4) is 0 Å². The fourth-order valence-electron chi connectivity index (χ4n) is 2.66. The van der Waals surface area contributed by atoms with Crippen LogP contribution < -0.4 is 0 Å². The molecule has 18 heavy (non-hydrogen) atoms. The fourth-order valence-corrected chi connectivity index (χ4v) is 2.66. The van der Waals surface area contributed by atoms with E-state index in [0.29, 0.717) is 19.4 Å². The molecule has 1 aliphatic carbocycles. The summed E-state index contributed by atoms with van der Waals surface area (Å²) >= 11 is 0. The van der Waals surface area contributed by atoms with E-state index in [-0.39, 0.29) is 12.3 Å². The smallest absolute Gasteiger partial charge is 0.310 e. The van der Waals surface area contributed by atoms with Crippen molar-refractivity contribution in [3.05, 3.63) is 0 Å². The lowest BCUT2D eigenvalue weighted by Gasteiger charge is -2.29. The number of carboxylic acid groups (broad SMARTS) is 1. The van der Waals surface area contributed by atoms with Gasteiger partial charge in [0.15, 0.2) is 0 Å². The molecule has 1 saturated carbocycles. The third kappa shape index (κ3) is 3.45. The van der Waals surface area contributed by atoms with Gasteiger partial charge in [0.05, 0.1) is 12.5 Å². The first-order valence-electron chi connectivity index (χ1n) is 6.63. The average Bonchev–Trinajstić information content (AvgIpc) is 2.57. The Labute approximate surface area is 108 Å². The molecular formula is C13H23NO4. The molecule has 0 unspecified atom stereocenters. The van der Waals surface area contributed by atoms with E-state index in [1.165, 1.54) is 12.2 Å². The Bertz CT molecular complexity index is 291. The SMILES string of the molecule is CCN(OC)C(=O)CC1(C(=O)O)CCCCCC1. The lowest BCUT2D eigenvalue weighted by atomic mass is 9.77. The van der Waals surface area contributed by atoms with Crippen molar-refractivity contribution in [2.45, 2.75) is 51.9 Å². The molecule has 0 aliphatic heterocycles. The number of hydrogen-bond donors (Lipinski definition) is 1. The number of nitrogens with zero attached hydrogens (tertiary/aromatic N) is 1. The minimum atomic E-state index is -0.889. The number of hydrogen-bond acceptors (Lipinski definition) is 3. The molecule has 1 rings (SSSR count). The van der Waals surface area contributed by atoms with Crippen molar-refractivity contribution in [2.75, 3.05) is 13.7 Å². The first-order valence-corrected chi connectivity index (χ1v) is 6.63. The number of carbonyl (C=O) groups is 2. The molecule has 1 amide bonds. The minimum Gasteiger partial charge on any atom is -0.481 e. The molecule has 0 aromatic carbocycles. The number of carbonyl (C=O) groups excluding carboxylic acids is 1. The van der Waals surface area contributed by atoms with Crippen LogP contribution in [0.15, 0.2) is 0 Å². The van der Waals surface area contributed by atoms with Crippen molar-refractivity contribution in [1.29, 1.82) is 0 Å². The second-order valence-electron chi connectivity index (χ2n) is 4.95. The van der Waals surface area contributed by atoms with Gasteiger partial charge < -0.3 is 5.11 Å². The van der Waals surface area contributed by atoms with Crippen molar-refractivity contribution >= 4 is 11.9 Å². The molecule has 0 bridgehead atoms. The summed E-state index contributed by atoms with van der Waals surface area (Å²) in [5.41, 5.74) is -0.889. The Morgan fingerprint density at radius 2 is 1.78 bits per heavy atom. The summed E-state index contributed by atoms with van der Waals surface area (Å²) in [4.78, 5) is 28.5. The molecule has 0 aromatic rings. The zero-order chi connectivity index (χ0) is 13.6. The van der Waals surface area contributed by atoms with Gasteiger partial charge in [-0.15, -0.1) is 0 Å². The van der Waals surface area contributed by atoms with Gasteiger partial charge in [-0.1, -0.05) is 25.7 Å². The van der Waals surface area contributed by atoms with E-state index in [0.717, 1.165) is 25.7 Å². The van der Waals surface area contributed by atoms with E-state index in [4.69, 9.17) is 4.84 Å². The maximum atomic E-state index is 12.0. The van der Waals surface area contributed by atoms with Crippen LogP contribution in [0.4, 0.5) is 0 Å². The van der Waals surface area contributed by atoms with Crippen molar-refractivity contribution in [2.24, 2.45) is 5.41 Å². The predicted molar refractivity (Wildman–Crippen MR) is 66.8 cm³/mol. The third-order valence-corrected chi connectivity index (χ3v) is 3.79. The zero-order valence-electron chi connectivity index (χ0n) is 11.3. The van der Waals surface area contributed by atoms with Crippen molar-refractivity contribution in [3.63, 3.8) is 0 Å². The first-order chi connectivity index (χ1) is 8.55. The third-order valence-electron chi connectivity index (χ3n) is 3.79. The topological polar surface area (TPSA) is 66.8 Å². The van der Waals surface area contributed by atoms with Gasteiger partial charge in [0.1, 0.15) is 0 Å². The van der Waals surface area contributed by atoms with Crippen LogP contribution in [-0.4, -0.2) is 35.7 Å². The lowest BCUT2D eigenvalue weighted by Crippen LogP contribution is -2.39. The number of hydroxylamine groups is 2. The minimum absolute atomic E-state index is 0.0456. The van der Waals surface area contributed by atoms with Crippen LogP contribution in [0.2, 0.25) is 0 Å². The molecule has 0 radical (unpaired) electrons. The summed E-state index contributed by atoms with van der Waals surface area (Å²) in [5.74, 6) is -1.07. The number of rotatable bonds is 5. The number of carboxylic acids is 1. The van der Waals surface area contributed by atoms with E-state index in [1.54, 1.807) is 0 Å². The highest BCUT2D eigenvalue weighted by Gasteiger charge is 2.41. The Kier molecular flexibility index (Phi) is 5.59. The molecule has 0 spiro atoms. The number of amides is 1. The highest BCUT2D eigenvalue weighted by Crippen LogP contribution is 2.38. The standard InChI is InChI=1S/C13H23NO4/c1-3-14(18-2)11(15)10-13(12(16)17)8-6-4-5-7-9-13/h3-10H2,1-2H3,(H,16,17). The first kappa shape index (κ1) is 15.0. The van der Waals surface area contributed by atoms with Gasteiger partial charge in [-0.25, -0.2) is 5.06 Å². The van der Waals surface area contributed by atoms with Crippen LogP contribution in [0, 0.1) is 5.41 Å². The van der Waals surface area contributed by atoms with Gasteiger partial charge in [-0.2, -0.15) is 0 Å². The Morgan fingerprint density at radius 3 is 2.17 bits per heavy atom. The molecule has 1 fully saturated rings. The Balaban J connectivity index is 2.78. The zero-order valence-corrected chi connectivity index (χ0v) is 11.3. The van der Waals surface area contributed by atoms with Crippen molar-refractivity contribution in [1.82, 2.24) is 5.06 Å². The van der Waals surface area contributed by atoms with Gasteiger partial charge in [0, 0.05) is 13.0 Å². The van der Waals surface area contributed by atoms with E-state index >= 15 is 0 Å². The van der Waals surface area contributed by atoms with Crippen molar-refractivity contribution < 1.29 is 19.5 Å². The van der Waals surface area contributed by atoms with Crippen LogP contribution in [0.3, 0.4) is 0 Å². The van der Waals surface area contributed by atoms with E-state index in [2.05, 4.69) is 0 Å². The molecule has 5 nitrogen and oxygen atoms in total. The highest BCUT2D eigenvalue weighted by molar-refractivity contribution is 5.84. The Morgan fingerprint density at radius 1 is 1.22 bits per heavy atom. The van der Waals surface area contributed by atoms with Crippen LogP contribution >= 0.6 is 0 Å². The van der Waals surface area contributed by atoms with Gasteiger partial charge in [0.2, 0.25) is 5.91 Å². The molecule has 104 valence electrons. The molecule has 0 atom stereocenters. The number of aliphatic carboxylic acids is 1. The predicted octanol–water partition coefficient (Wildman–Crippen LogP) is 2.21. The largest absolute Gasteiger partial charge is 0.481 e. The molecule has 1 aliphatic rings. The average molecular weight is 257 g/mol. The molecule has 0 saturated heterocycles. The normalized spacial score (nSPS) is 19.0. The molecule has 0 aromatic heterocycles. The van der Waals surface area contributed by atoms with Gasteiger partial charge in [0.25, 0.3) is 0 Å². The van der Waals surface area contributed by atoms with E-state index in [1.807, 2.05) is 6.92 Å². The molecule has 0 heterocycles. The second kappa shape index (κ2) is 6.73. The van der Waals surface area contributed by atoms with Gasteiger partial charge >= 0.3 is 5.97 Å². The van der Waals surface area contributed by atoms with Crippen LogP contribution in [-0.2, 0) is 14.4 Å². The van der Waals surface area contributed by atoms with Crippen LogP contribution in [0.5, 0.6) is 0 Å². The quantitative estimate of drug-likeness (QED) is 0.605. The van der Waals surface area contributed by atoms with Gasteiger partial charge in [-0.05, 0) is 19.8 Å². The summed E-state index contributed by atoms with van der Waals surface area (Å²) in [6.45, 7) is 2.24. The maximum Gasteiger partial charge on any atom is 0.310 e. The fraction of sp³-hybridized carbons (Fsp3) is 0.846. The summed E-state index contributed by atoms with van der Waals surface area (Å²) < 4.78 is 0. The molecule has 5 heteroatoms. The Hall–Kier alpha value is -1.10. The lowest BCUT2D eigenvalue weighted by molar-refractivity contribution is -0.180. The summed E-state index contributed by atoms with van der Waals surface area (Å²) in [5, 5.41) is 10.7. The molecule has 1 N–H and O–H groups in total. The summed E-state index contributed by atoms with van der Waals surface area (Å²) in [6.07, 6.45) is 5.13. The second-order valence-corrected chi connectivity index (χ2v) is 4.95. The van der Waals surface area contributed by atoms with Crippen LogP contribution in [0.1, 0.15) is 51.9 Å². The van der Waals surface area contributed by atoms with E-state index in [9.17, 15) is 14.7 Å². The summed E-state index contributed by atoms with van der Waals surface area (Å²) in [7, 11) is 1.43. The van der Waals surface area contributed by atoms with Crippen LogP contribution in [0.25, 0.3) is 0 Å². The highest BCUT2D eigenvalue weighted by atomic mass is 16.7. The maximum absolute atomic E-state index is 12.0.